The van der Waals surface area contributed by atoms with Crippen molar-refractivity contribution < 1.29 is 14.5 Å². The zero-order valence-corrected chi connectivity index (χ0v) is 20.5. The molecule has 0 radical (unpaired) electrons. The minimum absolute atomic E-state index is 0.0450. The molecule has 1 fully saturated rings. The largest absolute Gasteiger partial charge is 0.328 e. The molecular weight excluding hydrogens is 492 g/mol. The third-order valence-electron chi connectivity index (χ3n) is 5.66. The lowest BCUT2D eigenvalue weighted by Crippen LogP contribution is -2.32. The predicted molar refractivity (Wildman–Crippen MR) is 133 cm³/mol. The number of nitrogens with one attached hydrogen (secondary N) is 1. The molecule has 0 saturated carbocycles. The number of hydrogen-bond donors (Lipinski definition) is 1. The first kappa shape index (κ1) is 24.7. The van der Waals surface area contributed by atoms with Gasteiger partial charge in [-0.3, -0.25) is 19.7 Å². The standard InChI is InChI=1S/C23H23ClN6O4S/c1-2-28-21(19-4-3-13-29(19)22(32)15-5-7-16(24)8-6-15)26-27-23(28)35-14-20(31)25-17-9-11-18(12-10-17)30(33)34/h5-12,19H,2-4,13-14H2,1H3,(H,25,31). The Labute approximate surface area is 210 Å². The molecule has 10 nitrogen and oxygen atoms in total. The quantitative estimate of drug-likeness (QED) is 0.265. The zero-order chi connectivity index (χ0) is 24.9. The summed E-state index contributed by atoms with van der Waals surface area (Å²) in [7, 11) is 0. The van der Waals surface area contributed by atoms with Crippen LogP contribution in [0, 0.1) is 10.1 Å². The molecule has 1 unspecified atom stereocenters. The summed E-state index contributed by atoms with van der Waals surface area (Å²) >= 11 is 7.20. The molecule has 1 aliphatic heterocycles. The average Bonchev–Trinajstić information content (AvgIpc) is 3.49. The molecule has 1 aliphatic rings. The van der Waals surface area contributed by atoms with Gasteiger partial charge in [-0.2, -0.15) is 0 Å². The molecule has 182 valence electrons. The monoisotopic (exact) mass is 514 g/mol. The molecule has 1 N–H and O–H groups in total. The van der Waals surface area contributed by atoms with E-state index in [1.807, 2.05) is 16.4 Å². The van der Waals surface area contributed by atoms with Gasteiger partial charge in [0.2, 0.25) is 5.91 Å². The van der Waals surface area contributed by atoms with Gasteiger partial charge in [-0.05, 0) is 56.2 Å². The van der Waals surface area contributed by atoms with Gasteiger partial charge < -0.3 is 14.8 Å². The molecule has 2 amide bonds. The van der Waals surface area contributed by atoms with Crippen LogP contribution in [0.5, 0.6) is 0 Å². The Bertz CT molecular complexity index is 1230. The first-order valence-electron chi connectivity index (χ1n) is 11.0. The van der Waals surface area contributed by atoms with Crippen molar-refractivity contribution in [3.63, 3.8) is 0 Å². The number of anilines is 1. The lowest BCUT2D eigenvalue weighted by atomic mass is 10.1. The second-order valence-corrected chi connectivity index (χ2v) is 9.27. The number of rotatable bonds is 8. The van der Waals surface area contributed by atoms with Crippen molar-refractivity contribution in [1.29, 1.82) is 0 Å². The van der Waals surface area contributed by atoms with E-state index in [2.05, 4.69) is 15.5 Å². The number of halogens is 1. The van der Waals surface area contributed by atoms with Gasteiger partial charge in [0.25, 0.3) is 11.6 Å². The van der Waals surface area contributed by atoms with E-state index in [9.17, 15) is 19.7 Å². The van der Waals surface area contributed by atoms with Crippen LogP contribution in [0.2, 0.25) is 5.02 Å². The molecule has 2 heterocycles. The molecule has 2 aromatic carbocycles. The number of carbonyl (C=O) groups is 2. The molecular formula is C23H23ClN6O4S. The fraction of sp³-hybridized carbons (Fsp3) is 0.304. The van der Waals surface area contributed by atoms with Gasteiger partial charge >= 0.3 is 0 Å². The second kappa shape index (κ2) is 10.9. The van der Waals surface area contributed by atoms with Crippen molar-refractivity contribution in [3.05, 3.63) is 75.1 Å². The van der Waals surface area contributed by atoms with Gasteiger partial charge in [0.1, 0.15) is 0 Å². The van der Waals surface area contributed by atoms with E-state index in [1.165, 1.54) is 36.0 Å². The van der Waals surface area contributed by atoms with Crippen LogP contribution in [0.3, 0.4) is 0 Å². The molecule has 0 bridgehead atoms. The Morgan fingerprint density at radius 1 is 1.17 bits per heavy atom. The van der Waals surface area contributed by atoms with E-state index in [0.717, 1.165) is 12.8 Å². The lowest BCUT2D eigenvalue weighted by molar-refractivity contribution is -0.384. The normalized spacial score (nSPS) is 15.3. The number of likely N-dealkylation sites (tertiary alicyclic amines) is 1. The first-order valence-corrected chi connectivity index (χ1v) is 12.4. The molecule has 35 heavy (non-hydrogen) atoms. The maximum Gasteiger partial charge on any atom is 0.269 e. The van der Waals surface area contributed by atoms with E-state index >= 15 is 0 Å². The SMILES string of the molecule is CCn1c(SCC(=O)Nc2ccc([N+](=O)[O-])cc2)nnc1C1CCCN1C(=O)c1ccc(Cl)cc1. The predicted octanol–water partition coefficient (Wildman–Crippen LogP) is 4.57. The molecule has 1 atom stereocenters. The van der Waals surface area contributed by atoms with Gasteiger partial charge in [0.15, 0.2) is 11.0 Å². The number of benzene rings is 2. The third kappa shape index (κ3) is 5.63. The summed E-state index contributed by atoms with van der Waals surface area (Å²) in [5, 5.41) is 23.3. The maximum atomic E-state index is 13.1. The van der Waals surface area contributed by atoms with Crippen molar-refractivity contribution in [1.82, 2.24) is 19.7 Å². The third-order valence-corrected chi connectivity index (χ3v) is 6.88. The molecule has 3 aromatic rings. The average molecular weight is 515 g/mol. The summed E-state index contributed by atoms with van der Waals surface area (Å²) in [5.41, 5.74) is 0.999. The van der Waals surface area contributed by atoms with Crippen LogP contribution < -0.4 is 5.32 Å². The summed E-state index contributed by atoms with van der Waals surface area (Å²) in [5.74, 6) is 0.446. The summed E-state index contributed by atoms with van der Waals surface area (Å²) in [6.45, 7) is 3.19. The van der Waals surface area contributed by atoms with Gasteiger partial charge in [0, 0.05) is 41.5 Å². The fourth-order valence-electron chi connectivity index (χ4n) is 3.98. The van der Waals surface area contributed by atoms with Crippen LogP contribution in [0.15, 0.2) is 53.7 Å². The number of non-ortho nitro benzene ring substituents is 1. The summed E-state index contributed by atoms with van der Waals surface area (Å²) in [6, 6.07) is 12.3. The van der Waals surface area contributed by atoms with Gasteiger partial charge in [-0.25, -0.2) is 0 Å². The summed E-state index contributed by atoms with van der Waals surface area (Å²) < 4.78 is 1.93. The number of nitro groups is 1. The van der Waals surface area contributed by atoms with E-state index < -0.39 is 4.92 Å². The van der Waals surface area contributed by atoms with Crippen molar-refractivity contribution in [3.8, 4) is 0 Å². The number of amides is 2. The van der Waals surface area contributed by atoms with Gasteiger partial charge in [-0.15, -0.1) is 10.2 Å². The van der Waals surface area contributed by atoms with Crippen LogP contribution in [-0.2, 0) is 11.3 Å². The number of nitro benzene ring substituents is 1. The van der Waals surface area contributed by atoms with Crippen LogP contribution in [0.4, 0.5) is 11.4 Å². The topological polar surface area (TPSA) is 123 Å². The molecule has 1 aromatic heterocycles. The van der Waals surface area contributed by atoms with Crippen LogP contribution >= 0.6 is 23.4 Å². The van der Waals surface area contributed by atoms with Crippen LogP contribution in [0.25, 0.3) is 0 Å². The summed E-state index contributed by atoms with van der Waals surface area (Å²) in [4.78, 5) is 37.6. The van der Waals surface area contributed by atoms with Crippen molar-refractivity contribution in [2.75, 3.05) is 17.6 Å². The first-order chi connectivity index (χ1) is 16.9. The highest BCUT2D eigenvalue weighted by molar-refractivity contribution is 7.99. The smallest absolute Gasteiger partial charge is 0.269 e. The van der Waals surface area contributed by atoms with E-state index in [-0.39, 0.29) is 29.3 Å². The van der Waals surface area contributed by atoms with E-state index in [1.54, 1.807) is 24.3 Å². The van der Waals surface area contributed by atoms with E-state index in [4.69, 9.17) is 11.6 Å². The second-order valence-electron chi connectivity index (χ2n) is 7.89. The Morgan fingerprint density at radius 2 is 1.89 bits per heavy atom. The number of thioether (sulfide) groups is 1. The van der Waals surface area contributed by atoms with E-state index in [0.29, 0.717) is 40.3 Å². The highest BCUT2D eigenvalue weighted by Crippen LogP contribution is 2.34. The molecule has 0 spiro atoms. The number of carbonyl (C=O) groups excluding carboxylic acids is 2. The van der Waals surface area contributed by atoms with Crippen LogP contribution in [-0.4, -0.2) is 48.7 Å². The lowest BCUT2D eigenvalue weighted by Gasteiger charge is -2.24. The Kier molecular flexibility index (Phi) is 7.67. The maximum absolute atomic E-state index is 13.1. The zero-order valence-electron chi connectivity index (χ0n) is 18.9. The highest BCUT2D eigenvalue weighted by Gasteiger charge is 2.34. The van der Waals surface area contributed by atoms with Crippen molar-refractivity contribution in [2.45, 2.75) is 37.5 Å². The molecule has 1 saturated heterocycles. The van der Waals surface area contributed by atoms with Gasteiger partial charge in [0.05, 0.1) is 16.7 Å². The Hall–Kier alpha value is -3.44. The Morgan fingerprint density at radius 3 is 2.54 bits per heavy atom. The Balaban J connectivity index is 1.42. The van der Waals surface area contributed by atoms with Crippen LogP contribution in [0.1, 0.15) is 42.0 Å². The molecule has 12 heteroatoms. The minimum atomic E-state index is -0.495. The number of hydrogen-bond acceptors (Lipinski definition) is 7. The molecule has 4 rings (SSSR count). The fourth-order valence-corrected chi connectivity index (χ4v) is 4.92. The van der Waals surface area contributed by atoms with Crippen molar-refractivity contribution in [2.24, 2.45) is 0 Å². The van der Waals surface area contributed by atoms with Gasteiger partial charge in [-0.1, -0.05) is 23.4 Å². The summed E-state index contributed by atoms with van der Waals surface area (Å²) in [6.07, 6.45) is 1.64. The number of nitrogens with zero attached hydrogens (tertiary/aromatic N) is 5. The van der Waals surface area contributed by atoms with Crippen molar-refractivity contribution >= 4 is 46.6 Å². The minimum Gasteiger partial charge on any atom is -0.328 e. The highest BCUT2D eigenvalue weighted by atomic mass is 35.5. The molecule has 0 aliphatic carbocycles. The number of aromatic nitrogens is 3.